The zero-order chi connectivity index (χ0) is 7.61. The smallest absolute Gasteiger partial charge is 0.185 e. The van der Waals surface area contributed by atoms with Crippen molar-refractivity contribution in [2.45, 2.75) is 12.6 Å². The molecule has 58 valence electrons. The molecule has 0 bridgehead atoms. The van der Waals surface area contributed by atoms with E-state index in [2.05, 4.69) is 31.5 Å². The van der Waals surface area contributed by atoms with Gasteiger partial charge in [0.05, 0.1) is 27.5 Å². The molecule has 1 aliphatic rings. The normalized spacial score (nSPS) is 26.1. The van der Waals surface area contributed by atoms with Crippen LogP contribution in [0.15, 0.2) is 4.99 Å². The van der Waals surface area contributed by atoms with Crippen molar-refractivity contribution in [3.63, 3.8) is 0 Å². The molecule has 3 heteroatoms. The summed E-state index contributed by atoms with van der Waals surface area (Å²) in [5.74, 6) is 0. The second kappa shape index (κ2) is 2.58. The third-order valence-electron chi connectivity index (χ3n) is 1.78. The summed E-state index contributed by atoms with van der Waals surface area (Å²) in [5, 5.41) is 3.09. The summed E-state index contributed by atoms with van der Waals surface area (Å²) in [4.78, 5) is 4.34. The van der Waals surface area contributed by atoms with E-state index in [1.165, 1.54) is 0 Å². The second-order valence-electron chi connectivity index (χ2n) is 3.62. The number of nitrogens with one attached hydrogen (secondary N) is 1. The largest absolute Gasteiger partial charge is 0.376 e. The predicted octanol–water partition coefficient (Wildman–Crippen LogP) is 0.0403. The summed E-state index contributed by atoms with van der Waals surface area (Å²) in [6.45, 7) is 1.06. The number of hydrogen-bond donors (Lipinski definition) is 1. The van der Waals surface area contributed by atoms with Crippen LogP contribution in [0.2, 0.25) is 0 Å². The molecule has 1 rings (SSSR count). The Morgan fingerprint density at radius 1 is 1.50 bits per heavy atom. The van der Waals surface area contributed by atoms with Crippen molar-refractivity contribution in [2.75, 3.05) is 27.7 Å². The van der Waals surface area contributed by atoms with Gasteiger partial charge in [0, 0.05) is 13.0 Å². The van der Waals surface area contributed by atoms with Gasteiger partial charge in [0.15, 0.2) is 6.17 Å². The average Bonchev–Trinajstić information content (AvgIpc) is 1.88. The highest BCUT2D eigenvalue weighted by Gasteiger charge is 2.22. The standard InChI is InChI=1S/C7H16N3/c1-10(2,3)7-4-5-8-6-9-7/h6-7H,4-5H2,1-3H3,(H,8,9)/q+1. The van der Waals surface area contributed by atoms with Crippen LogP contribution in [-0.4, -0.2) is 44.7 Å². The number of aliphatic imine (C=N–C) groups is 1. The van der Waals surface area contributed by atoms with Crippen LogP contribution in [0.25, 0.3) is 0 Å². The Kier molecular flexibility index (Phi) is 1.94. The van der Waals surface area contributed by atoms with Gasteiger partial charge in [0.25, 0.3) is 0 Å². The number of hydrogen-bond acceptors (Lipinski definition) is 2. The lowest BCUT2D eigenvalue weighted by Gasteiger charge is -2.32. The molecule has 0 aromatic rings. The second-order valence-corrected chi connectivity index (χ2v) is 3.62. The average molecular weight is 142 g/mol. The van der Waals surface area contributed by atoms with E-state index < -0.39 is 0 Å². The van der Waals surface area contributed by atoms with Gasteiger partial charge < -0.3 is 9.80 Å². The minimum absolute atomic E-state index is 0.446. The van der Waals surface area contributed by atoms with Crippen molar-refractivity contribution in [1.29, 1.82) is 0 Å². The summed E-state index contributed by atoms with van der Waals surface area (Å²) >= 11 is 0. The van der Waals surface area contributed by atoms with Crippen LogP contribution in [0.3, 0.4) is 0 Å². The summed E-state index contributed by atoms with van der Waals surface area (Å²) in [6.07, 6.45) is 3.40. The highest BCUT2D eigenvalue weighted by atomic mass is 15.4. The van der Waals surface area contributed by atoms with E-state index in [1.807, 2.05) is 6.34 Å². The fourth-order valence-corrected chi connectivity index (χ4v) is 1.08. The Labute approximate surface area is 62.3 Å². The molecule has 1 atom stereocenters. The molecule has 0 aliphatic carbocycles. The van der Waals surface area contributed by atoms with Gasteiger partial charge in [-0.05, 0) is 0 Å². The molecule has 0 saturated carbocycles. The first kappa shape index (κ1) is 7.54. The van der Waals surface area contributed by atoms with E-state index in [9.17, 15) is 0 Å². The predicted molar refractivity (Wildman–Crippen MR) is 42.9 cm³/mol. The summed E-state index contributed by atoms with van der Waals surface area (Å²) in [5.41, 5.74) is 0. The van der Waals surface area contributed by atoms with Gasteiger partial charge in [-0.25, -0.2) is 4.99 Å². The van der Waals surface area contributed by atoms with Crippen molar-refractivity contribution in [1.82, 2.24) is 5.32 Å². The van der Waals surface area contributed by atoms with E-state index in [0.717, 1.165) is 17.4 Å². The van der Waals surface area contributed by atoms with E-state index in [-0.39, 0.29) is 0 Å². The Morgan fingerprint density at radius 3 is 2.50 bits per heavy atom. The Hall–Kier alpha value is -0.570. The molecule has 0 saturated heterocycles. The van der Waals surface area contributed by atoms with Crippen LogP contribution in [0, 0.1) is 0 Å². The monoisotopic (exact) mass is 142 g/mol. The van der Waals surface area contributed by atoms with E-state index >= 15 is 0 Å². The molecule has 1 heterocycles. The Balaban J connectivity index is 2.55. The molecule has 10 heavy (non-hydrogen) atoms. The van der Waals surface area contributed by atoms with Gasteiger partial charge in [-0.2, -0.15) is 0 Å². The summed E-state index contributed by atoms with van der Waals surface area (Å²) in [7, 11) is 6.52. The molecule has 0 radical (unpaired) electrons. The minimum Gasteiger partial charge on any atom is -0.376 e. The van der Waals surface area contributed by atoms with Crippen molar-refractivity contribution < 1.29 is 4.48 Å². The topological polar surface area (TPSA) is 24.4 Å². The van der Waals surface area contributed by atoms with Gasteiger partial charge in [0.2, 0.25) is 0 Å². The van der Waals surface area contributed by atoms with Gasteiger partial charge in [-0.15, -0.1) is 0 Å². The van der Waals surface area contributed by atoms with Gasteiger partial charge in [-0.1, -0.05) is 0 Å². The molecule has 0 amide bonds. The van der Waals surface area contributed by atoms with Crippen LogP contribution in [-0.2, 0) is 0 Å². The first-order valence-corrected chi connectivity index (χ1v) is 3.67. The van der Waals surface area contributed by atoms with Crippen LogP contribution in [0.5, 0.6) is 0 Å². The maximum atomic E-state index is 4.34. The lowest BCUT2D eigenvalue weighted by molar-refractivity contribution is -0.895. The molecule has 0 aromatic heterocycles. The fourth-order valence-electron chi connectivity index (χ4n) is 1.08. The molecule has 0 aromatic carbocycles. The Morgan fingerprint density at radius 2 is 2.20 bits per heavy atom. The van der Waals surface area contributed by atoms with E-state index in [1.54, 1.807) is 0 Å². The van der Waals surface area contributed by atoms with Gasteiger partial charge in [0.1, 0.15) is 0 Å². The van der Waals surface area contributed by atoms with Crippen LogP contribution >= 0.6 is 0 Å². The molecule has 1 N–H and O–H groups in total. The van der Waals surface area contributed by atoms with Crippen LogP contribution in [0.4, 0.5) is 0 Å². The fraction of sp³-hybridized carbons (Fsp3) is 0.857. The van der Waals surface area contributed by atoms with Crippen molar-refractivity contribution in [3.05, 3.63) is 0 Å². The SMILES string of the molecule is C[N+](C)(C)C1CCNC=N1. The van der Waals surface area contributed by atoms with Crippen LogP contribution < -0.4 is 5.32 Å². The van der Waals surface area contributed by atoms with Gasteiger partial charge in [-0.3, -0.25) is 0 Å². The zero-order valence-electron chi connectivity index (χ0n) is 6.96. The van der Waals surface area contributed by atoms with Gasteiger partial charge >= 0.3 is 0 Å². The van der Waals surface area contributed by atoms with Crippen molar-refractivity contribution in [2.24, 2.45) is 4.99 Å². The molecular formula is C7H16N3+. The lowest BCUT2D eigenvalue weighted by Crippen LogP contribution is -2.47. The lowest BCUT2D eigenvalue weighted by atomic mass is 10.2. The maximum absolute atomic E-state index is 4.34. The molecular weight excluding hydrogens is 126 g/mol. The first-order chi connectivity index (χ1) is 4.61. The number of quaternary nitrogens is 1. The van der Waals surface area contributed by atoms with Crippen LogP contribution in [0.1, 0.15) is 6.42 Å². The summed E-state index contributed by atoms with van der Waals surface area (Å²) < 4.78 is 0.929. The highest BCUT2D eigenvalue weighted by molar-refractivity contribution is 5.55. The molecule has 0 fully saturated rings. The molecule has 3 nitrogen and oxygen atoms in total. The van der Waals surface area contributed by atoms with Crippen molar-refractivity contribution in [3.8, 4) is 0 Å². The molecule has 0 spiro atoms. The molecule has 1 unspecified atom stereocenters. The number of rotatable bonds is 1. The zero-order valence-corrected chi connectivity index (χ0v) is 6.96. The molecule has 1 aliphatic heterocycles. The highest BCUT2D eigenvalue weighted by Crippen LogP contribution is 2.09. The first-order valence-electron chi connectivity index (χ1n) is 3.67. The Bertz CT molecular complexity index is 134. The van der Waals surface area contributed by atoms with Crippen molar-refractivity contribution >= 4 is 6.34 Å². The third-order valence-corrected chi connectivity index (χ3v) is 1.78. The maximum Gasteiger partial charge on any atom is 0.185 e. The number of nitrogens with zero attached hydrogens (tertiary/aromatic N) is 2. The quantitative estimate of drug-likeness (QED) is 0.514. The third kappa shape index (κ3) is 1.70. The van der Waals surface area contributed by atoms with E-state index in [0.29, 0.717) is 6.17 Å². The summed E-state index contributed by atoms with van der Waals surface area (Å²) in [6, 6.07) is 0. The minimum atomic E-state index is 0.446. The van der Waals surface area contributed by atoms with E-state index in [4.69, 9.17) is 0 Å².